The van der Waals surface area contributed by atoms with Crippen molar-refractivity contribution in [2.24, 2.45) is 0 Å². The van der Waals surface area contributed by atoms with E-state index in [9.17, 15) is 10.1 Å². The molecule has 20 heavy (non-hydrogen) atoms. The van der Waals surface area contributed by atoms with Crippen LogP contribution in [0.3, 0.4) is 0 Å². The zero-order valence-corrected chi connectivity index (χ0v) is 11.8. The zero-order chi connectivity index (χ0) is 14.5. The summed E-state index contributed by atoms with van der Waals surface area (Å²) in [5.74, 6) is 0.729. The maximum Gasteiger partial charge on any atom is 0.269 e. The van der Waals surface area contributed by atoms with Crippen molar-refractivity contribution < 1.29 is 9.66 Å². The lowest BCUT2D eigenvalue weighted by molar-refractivity contribution is -0.384. The molecule has 0 heterocycles. The highest BCUT2D eigenvalue weighted by Gasteiger charge is 2.10. The molecule has 0 radical (unpaired) electrons. The summed E-state index contributed by atoms with van der Waals surface area (Å²) in [5, 5.41) is 11.2. The quantitative estimate of drug-likeness (QED) is 0.606. The van der Waals surface area contributed by atoms with Crippen LogP contribution in [0.1, 0.15) is 18.1 Å². The van der Waals surface area contributed by atoms with E-state index in [1.54, 1.807) is 0 Å². The third kappa shape index (κ3) is 3.48. The minimum atomic E-state index is -0.447. The van der Waals surface area contributed by atoms with Crippen molar-refractivity contribution >= 4 is 17.3 Å². The Balaban J connectivity index is 2.13. The van der Waals surface area contributed by atoms with E-state index in [4.69, 9.17) is 16.3 Å². The van der Waals surface area contributed by atoms with Crippen LogP contribution in [0.15, 0.2) is 42.5 Å². The zero-order valence-electron chi connectivity index (χ0n) is 11.0. The Morgan fingerprint density at radius 1 is 1.25 bits per heavy atom. The van der Waals surface area contributed by atoms with Crippen LogP contribution in [0, 0.1) is 10.1 Å². The van der Waals surface area contributed by atoms with Crippen molar-refractivity contribution in [3.63, 3.8) is 0 Å². The van der Waals surface area contributed by atoms with Gasteiger partial charge in [0.2, 0.25) is 0 Å². The highest BCUT2D eigenvalue weighted by atomic mass is 35.5. The molecular weight excluding hydrogens is 278 g/mol. The summed E-state index contributed by atoms with van der Waals surface area (Å²) < 4.78 is 5.64. The Kier molecular flexibility index (Phi) is 4.58. The van der Waals surface area contributed by atoms with Crippen LogP contribution in [0.5, 0.6) is 5.75 Å². The number of hydrogen-bond donors (Lipinski definition) is 0. The molecule has 0 bridgehead atoms. The molecule has 0 unspecified atom stereocenters. The maximum atomic E-state index is 10.7. The number of nitrogens with zero attached hydrogens (tertiary/aromatic N) is 1. The molecule has 0 saturated heterocycles. The molecule has 0 aliphatic heterocycles. The van der Waals surface area contributed by atoms with Gasteiger partial charge in [-0.3, -0.25) is 10.1 Å². The SMILES string of the molecule is CCc1cccc(OCc2cc([N+](=O)[O-])ccc2Cl)c1. The van der Waals surface area contributed by atoms with E-state index in [2.05, 4.69) is 6.92 Å². The molecule has 4 nitrogen and oxygen atoms in total. The van der Waals surface area contributed by atoms with E-state index < -0.39 is 4.92 Å². The number of halogens is 1. The van der Waals surface area contributed by atoms with Crippen LogP contribution in [-0.2, 0) is 13.0 Å². The van der Waals surface area contributed by atoms with Gasteiger partial charge in [0.1, 0.15) is 12.4 Å². The fourth-order valence-electron chi connectivity index (χ4n) is 1.80. The Morgan fingerprint density at radius 2 is 2.05 bits per heavy atom. The summed E-state index contributed by atoms with van der Waals surface area (Å²) in [6.07, 6.45) is 0.925. The van der Waals surface area contributed by atoms with Gasteiger partial charge in [0.25, 0.3) is 5.69 Å². The van der Waals surface area contributed by atoms with Crippen LogP contribution < -0.4 is 4.74 Å². The lowest BCUT2D eigenvalue weighted by Crippen LogP contribution is -1.98. The Morgan fingerprint density at radius 3 is 2.75 bits per heavy atom. The number of ether oxygens (including phenoxy) is 1. The van der Waals surface area contributed by atoms with Crippen LogP contribution in [-0.4, -0.2) is 4.92 Å². The average Bonchev–Trinajstić information content (AvgIpc) is 2.46. The molecule has 0 fully saturated rings. The fourth-order valence-corrected chi connectivity index (χ4v) is 1.97. The molecule has 0 aromatic heterocycles. The van der Waals surface area contributed by atoms with Gasteiger partial charge in [-0.15, -0.1) is 0 Å². The Bertz CT molecular complexity index is 628. The first-order valence-electron chi connectivity index (χ1n) is 6.24. The minimum Gasteiger partial charge on any atom is -0.489 e. The number of hydrogen-bond acceptors (Lipinski definition) is 3. The first kappa shape index (κ1) is 14.3. The molecule has 2 rings (SSSR count). The summed E-state index contributed by atoms with van der Waals surface area (Å²) >= 11 is 6.02. The third-order valence-corrected chi connectivity index (χ3v) is 3.31. The highest BCUT2D eigenvalue weighted by Crippen LogP contribution is 2.24. The van der Waals surface area contributed by atoms with E-state index in [-0.39, 0.29) is 12.3 Å². The maximum absolute atomic E-state index is 10.7. The van der Waals surface area contributed by atoms with E-state index in [1.165, 1.54) is 23.8 Å². The van der Waals surface area contributed by atoms with E-state index in [1.807, 2.05) is 24.3 Å². The number of non-ortho nitro benzene ring substituents is 1. The lowest BCUT2D eigenvalue weighted by atomic mass is 10.1. The van der Waals surface area contributed by atoms with Crippen LogP contribution >= 0.6 is 11.6 Å². The van der Waals surface area contributed by atoms with Gasteiger partial charge in [0.05, 0.1) is 4.92 Å². The molecule has 0 amide bonds. The average molecular weight is 292 g/mol. The number of benzene rings is 2. The third-order valence-electron chi connectivity index (χ3n) is 2.94. The predicted octanol–water partition coefficient (Wildman–Crippen LogP) is 4.39. The van der Waals surface area contributed by atoms with Gasteiger partial charge in [-0.25, -0.2) is 0 Å². The predicted molar refractivity (Wildman–Crippen MR) is 78.3 cm³/mol. The topological polar surface area (TPSA) is 52.4 Å². The number of nitro groups is 1. The summed E-state index contributed by atoms with van der Waals surface area (Å²) in [6.45, 7) is 2.27. The van der Waals surface area contributed by atoms with Crippen molar-refractivity contribution in [1.29, 1.82) is 0 Å². The fraction of sp³-hybridized carbons (Fsp3) is 0.200. The van der Waals surface area contributed by atoms with Crippen molar-refractivity contribution in [2.45, 2.75) is 20.0 Å². The molecule has 2 aromatic carbocycles. The van der Waals surface area contributed by atoms with Crippen molar-refractivity contribution in [1.82, 2.24) is 0 Å². The Hall–Kier alpha value is -2.07. The van der Waals surface area contributed by atoms with Gasteiger partial charge in [0.15, 0.2) is 0 Å². The van der Waals surface area contributed by atoms with Crippen LogP contribution in [0.2, 0.25) is 5.02 Å². The second kappa shape index (κ2) is 6.39. The number of aryl methyl sites for hydroxylation is 1. The van der Waals surface area contributed by atoms with Crippen molar-refractivity contribution in [3.05, 3.63) is 68.7 Å². The van der Waals surface area contributed by atoms with Crippen molar-refractivity contribution in [2.75, 3.05) is 0 Å². The minimum absolute atomic E-state index is 0.00955. The van der Waals surface area contributed by atoms with Gasteiger partial charge >= 0.3 is 0 Å². The smallest absolute Gasteiger partial charge is 0.269 e. The van der Waals surface area contributed by atoms with E-state index >= 15 is 0 Å². The normalized spacial score (nSPS) is 10.3. The number of rotatable bonds is 5. The molecule has 0 saturated carbocycles. The molecular formula is C15H14ClNO3. The second-order valence-corrected chi connectivity index (χ2v) is 4.73. The molecule has 0 aliphatic carbocycles. The van der Waals surface area contributed by atoms with E-state index in [0.717, 1.165) is 12.2 Å². The van der Waals surface area contributed by atoms with Crippen molar-refractivity contribution in [3.8, 4) is 5.75 Å². The summed E-state index contributed by atoms with van der Waals surface area (Å²) in [7, 11) is 0. The molecule has 0 N–H and O–H groups in total. The van der Waals surface area contributed by atoms with Gasteiger partial charge < -0.3 is 4.74 Å². The second-order valence-electron chi connectivity index (χ2n) is 4.32. The molecule has 0 atom stereocenters. The van der Waals surface area contributed by atoms with Gasteiger partial charge in [0, 0.05) is 22.7 Å². The lowest BCUT2D eigenvalue weighted by Gasteiger charge is -2.08. The monoisotopic (exact) mass is 291 g/mol. The largest absolute Gasteiger partial charge is 0.489 e. The molecule has 104 valence electrons. The number of nitro benzene ring substituents is 1. The van der Waals surface area contributed by atoms with Gasteiger partial charge in [-0.2, -0.15) is 0 Å². The molecule has 5 heteroatoms. The summed E-state index contributed by atoms with van der Waals surface area (Å²) in [6, 6.07) is 12.1. The molecule has 2 aromatic rings. The standard InChI is InChI=1S/C15H14ClNO3/c1-2-11-4-3-5-14(8-11)20-10-12-9-13(17(18)19)6-7-15(12)16/h3-9H,2,10H2,1H3. The first-order chi connectivity index (χ1) is 9.60. The molecule has 0 spiro atoms. The first-order valence-corrected chi connectivity index (χ1v) is 6.62. The molecule has 0 aliphatic rings. The van der Waals surface area contributed by atoms with Gasteiger partial charge in [-0.05, 0) is 30.2 Å². The summed E-state index contributed by atoms with van der Waals surface area (Å²) in [4.78, 5) is 10.3. The van der Waals surface area contributed by atoms with Crippen LogP contribution in [0.25, 0.3) is 0 Å². The van der Waals surface area contributed by atoms with Gasteiger partial charge in [-0.1, -0.05) is 30.7 Å². The Labute approximate surface area is 122 Å². The van der Waals surface area contributed by atoms with Crippen LogP contribution in [0.4, 0.5) is 5.69 Å². The summed E-state index contributed by atoms with van der Waals surface area (Å²) in [5.41, 5.74) is 1.78. The van der Waals surface area contributed by atoms with E-state index in [0.29, 0.717) is 10.6 Å². The highest BCUT2D eigenvalue weighted by molar-refractivity contribution is 6.31.